The molecule has 0 N–H and O–H groups in total. The average Bonchev–Trinajstić information content (AvgIpc) is 2.96. The highest BCUT2D eigenvalue weighted by Gasteiger charge is 2.53. The minimum Gasteiger partial charge on any atom is -0.466 e. The number of carbonyl (C=O) groups is 1. The zero-order chi connectivity index (χ0) is 16.1. The summed E-state index contributed by atoms with van der Waals surface area (Å²) >= 11 is 0. The first-order valence-electron chi connectivity index (χ1n) is 7.25. The van der Waals surface area contributed by atoms with Crippen molar-refractivity contribution < 1.29 is 18.8 Å². The van der Waals surface area contributed by atoms with Gasteiger partial charge in [0.25, 0.3) is 0 Å². The van der Waals surface area contributed by atoms with Crippen LogP contribution in [0.5, 0.6) is 0 Å². The van der Waals surface area contributed by atoms with Crippen LogP contribution in [-0.2, 0) is 18.8 Å². The maximum Gasteiger partial charge on any atom is 0.514 e. The lowest BCUT2D eigenvalue weighted by atomic mass is 9.82. The number of rotatable bonds is 2. The second-order valence-electron chi connectivity index (χ2n) is 6.50. The maximum atomic E-state index is 11.8. The third-order valence-electron chi connectivity index (χ3n) is 4.51. The predicted molar refractivity (Wildman–Crippen MR) is 84.1 cm³/mol. The molecule has 115 valence electrons. The van der Waals surface area contributed by atoms with E-state index in [1.807, 2.05) is 45.9 Å². The standard InChI is InChI=1S/C16H19BNO4/c1-15(2)16(3,4)22-17(21-15)12-9-10-7-6-8-11(13(10)18-12)14(19)20-5/h6-9H,1-5H3. The van der Waals surface area contributed by atoms with Gasteiger partial charge in [-0.1, -0.05) is 12.2 Å². The largest absolute Gasteiger partial charge is 0.514 e. The van der Waals surface area contributed by atoms with Crippen molar-refractivity contribution in [3.8, 4) is 0 Å². The zero-order valence-electron chi connectivity index (χ0n) is 13.5. The van der Waals surface area contributed by atoms with Crippen molar-refractivity contribution in [2.24, 2.45) is 4.99 Å². The SMILES string of the molecule is COC(=O)C1=CC=CC2=CC(B3OC(C)(C)C(C)(C)O3)=N[C]21. The highest BCUT2D eigenvalue weighted by molar-refractivity contribution is 6.85. The first kappa shape index (κ1) is 15.2. The van der Waals surface area contributed by atoms with Crippen LogP contribution in [0.2, 0.25) is 0 Å². The molecule has 2 aliphatic heterocycles. The molecule has 1 radical (unpaired) electrons. The third-order valence-corrected chi connectivity index (χ3v) is 4.51. The van der Waals surface area contributed by atoms with Gasteiger partial charge < -0.3 is 14.0 Å². The fourth-order valence-corrected chi connectivity index (χ4v) is 2.48. The fraction of sp³-hybridized carbons (Fsp3) is 0.438. The van der Waals surface area contributed by atoms with Gasteiger partial charge in [0.15, 0.2) is 6.04 Å². The lowest BCUT2D eigenvalue weighted by Gasteiger charge is -2.32. The first-order chi connectivity index (χ1) is 10.2. The monoisotopic (exact) mass is 300 g/mol. The summed E-state index contributed by atoms with van der Waals surface area (Å²) in [6.07, 6.45) is 7.31. The van der Waals surface area contributed by atoms with E-state index in [2.05, 4.69) is 4.99 Å². The summed E-state index contributed by atoms with van der Waals surface area (Å²) in [6, 6.07) is 0.610. The fourth-order valence-electron chi connectivity index (χ4n) is 2.48. The molecule has 0 saturated carbocycles. The summed E-state index contributed by atoms with van der Waals surface area (Å²) < 4.78 is 16.8. The van der Waals surface area contributed by atoms with Crippen molar-refractivity contribution in [3.05, 3.63) is 41.5 Å². The molecular weight excluding hydrogens is 281 g/mol. The van der Waals surface area contributed by atoms with Crippen LogP contribution in [0.15, 0.2) is 40.4 Å². The van der Waals surface area contributed by atoms with Crippen LogP contribution in [0.3, 0.4) is 0 Å². The van der Waals surface area contributed by atoms with Gasteiger partial charge in [0.05, 0.1) is 29.5 Å². The minimum atomic E-state index is -0.539. The van der Waals surface area contributed by atoms with Gasteiger partial charge in [-0.15, -0.1) is 0 Å². The molecule has 0 atom stereocenters. The number of allylic oxidation sites excluding steroid dienone is 3. The Morgan fingerprint density at radius 3 is 2.45 bits per heavy atom. The molecule has 0 unspecified atom stereocenters. The van der Waals surface area contributed by atoms with Gasteiger partial charge in [0.2, 0.25) is 0 Å². The molecule has 0 aromatic carbocycles. The number of esters is 1. The summed E-state index contributed by atoms with van der Waals surface area (Å²) in [5, 5.41) is 0. The Labute approximate surface area is 130 Å². The van der Waals surface area contributed by atoms with Crippen molar-refractivity contribution in [1.82, 2.24) is 0 Å². The van der Waals surface area contributed by atoms with Crippen LogP contribution in [0.1, 0.15) is 27.7 Å². The molecule has 0 spiro atoms. The molecule has 1 saturated heterocycles. The predicted octanol–water partition coefficient (Wildman–Crippen LogP) is 2.20. The number of aliphatic imine (C=N–C) groups is 1. The second kappa shape index (κ2) is 4.93. The summed E-state index contributed by atoms with van der Waals surface area (Å²) in [7, 11) is 0.821. The highest BCUT2D eigenvalue weighted by Crippen LogP contribution is 2.40. The number of ether oxygens (including phenoxy) is 1. The number of methoxy groups -OCH3 is 1. The summed E-state index contributed by atoms with van der Waals surface area (Å²) in [5.74, 6) is -0.399. The van der Waals surface area contributed by atoms with Crippen molar-refractivity contribution in [1.29, 1.82) is 0 Å². The third kappa shape index (κ3) is 2.27. The Hall–Kier alpha value is -1.66. The summed E-state index contributed by atoms with van der Waals surface area (Å²) in [5.41, 5.74) is 1.14. The number of carbonyl (C=O) groups excluding carboxylic acids is 1. The van der Waals surface area contributed by atoms with Crippen LogP contribution in [-0.4, -0.2) is 37.0 Å². The van der Waals surface area contributed by atoms with E-state index in [4.69, 9.17) is 14.0 Å². The second-order valence-corrected chi connectivity index (χ2v) is 6.50. The summed E-state index contributed by atoms with van der Waals surface area (Å²) in [4.78, 5) is 16.4. The van der Waals surface area contributed by atoms with E-state index in [1.165, 1.54) is 7.11 Å². The average molecular weight is 300 g/mol. The van der Waals surface area contributed by atoms with E-state index in [-0.39, 0.29) is 0 Å². The molecule has 0 aromatic heterocycles. The topological polar surface area (TPSA) is 57.1 Å². The normalized spacial score (nSPS) is 25.5. The van der Waals surface area contributed by atoms with Crippen molar-refractivity contribution in [2.75, 3.05) is 7.11 Å². The van der Waals surface area contributed by atoms with Gasteiger partial charge in [0.1, 0.15) is 0 Å². The van der Waals surface area contributed by atoms with Crippen LogP contribution >= 0.6 is 0 Å². The quantitative estimate of drug-likeness (QED) is 0.579. The lowest BCUT2D eigenvalue weighted by molar-refractivity contribution is -0.136. The molecule has 3 aliphatic rings. The van der Waals surface area contributed by atoms with Gasteiger partial charge in [-0.3, -0.25) is 4.99 Å². The van der Waals surface area contributed by atoms with Crippen molar-refractivity contribution in [3.63, 3.8) is 0 Å². The molecule has 0 aromatic rings. The van der Waals surface area contributed by atoms with E-state index >= 15 is 0 Å². The van der Waals surface area contributed by atoms with E-state index in [0.29, 0.717) is 17.2 Å². The molecule has 1 aliphatic carbocycles. The van der Waals surface area contributed by atoms with Crippen LogP contribution < -0.4 is 0 Å². The highest BCUT2D eigenvalue weighted by atomic mass is 16.7. The molecule has 22 heavy (non-hydrogen) atoms. The van der Waals surface area contributed by atoms with E-state index in [9.17, 15) is 4.79 Å². The molecular formula is C16H19BNO4. The number of fused-ring (bicyclic) bond motifs is 1. The van der Waals surface area contributed by atoms with Crippen molar-refractivity contribution >= 4 is 18.7 Å². The molecule has 3 rings (SSSR count). The Morgan fingerprint density at radius 2 is 1.86 bits per heavy atom. The smallest absolute Gasteiger partial charge is 0.466 e. The Kier molecular flexibility index (Phi) is 3.42. The molecule has 6 heteroatoms. The number of hydrogen-bond acceptors (Lipinski definition) is 5. The van der Waals surface area contributed by atoms with Crippen molar-refractivity contribution in [2.45, 2.75) is 38.9 Å². The summed E-state index contributed by atoms with van der Waals surface area (Å²) in [6.45, 7) is 7.98. The van der Waals surface area contributed by atoms with E-state index < -0.39 is 24.3 Å². The van der Waals surface area contributed by atoms with Crippen LogP contribution in [0.4, 0.5) is 0 Å². The lowest BCUT2D eigenvalue weighted by Crippen LogP contribution is -2.41. The first-order valence-corrected chi connectivity index (χ1v) is 7.25. The van der Waals surface area contributed by atoms with Gasteiger partial charge in [-0.2, -0.15) is 0 Å². The molecule has 5 nitrogen and oxygen atoms in total. The van der Waals surface area contributed by atoms with E-state index in [1.54, 1.807) is 6.08 Å². The number of nitrogens with zero attached hydrogens (tertiary/aromatic N) is 1. The number of hydrogen-bond donors (Lipinski definition) is 0. The van der Waals surface area contributed by atoms with Gasteiger partial charge in [-0.25, -0.2) is 4.79 Å². The minimum absolute atomic E-state index is 0.399. The van der Waals surface area contributed by atoms with Crippen LogP contribution in [0, 0.1) is 6.04 Å². The van der Waals surface area contributed by atoms with E-state index in [0.717, 1.165) is 5.57 Å². The Balaban J connectivity index is 1.88. The van der Waals surface area contributed by atoms with Gasteiger partial charge >= 0.3 is 13.1 Å². The van der Waals surface area contributed by atoms with Crippen LogP contribution in [0.25, 0.3) is 0 Å². The van der Waals surface area contributed by atoms with Gasteiger partial charge in [0, 0.05) is 0 Å². The molecule has 0 amide bonds. The molecule has 1 fully saturated rings. The molecule has 0 bridgehead atoms. The zero-order valence-corrected chi connectivity index (χ0v) is 13.5. The Bertz CT molecular complexity index is 627. The Morgan fingerprint density at radius 1 is 1.23 bits per heavy atom. The van der Waals surface area contributed by atoms with Gasteiger partial charge in [-0.05, 0) is 45.4 Å². The molecule has 2 heterocycles. The maximum absolute atomic E-state index is 11.8.